The third-order valence-electron chi connectivity index (χ3n) is 2.20. The molecule has 1 heterocycles. The first-order chi connectivity index (χ1) is 7.45. The summed E-state index contributed by atoms with van der Waals surface area (Å²) in [4.78, 5) is 5.50. The van der Waals surface area contributed by atoms with E-state index in [-0.39, 0.29) is 11.6 Å². The van der Waals surface area contributed by atoms with E-state index in [1.807, 2.05) is 20.8 Å². The Balaban J connectivity index is 3.05. The van der Waals surface area contributed by atoms with Crippen molar-refractivity contribution in [1.29, 1.82) is 0 Å². The molecule has 0 spiro atoms. The Bertz CT molecular complexity index is 366. The van der Waals surface area contributed by atoms with Crippen LogP contribution in [0.1, 0.15) is 20.8 Å². The smallest absolute Gasteiger partial charge is 0.168 e. The Labute approximate surface area is 94.3 Å². The zero-order chi connectivity index (χ0) is 12.3. The quantitative estimate of drug-likeness (QED) is 0.862. The topological polar surface area (TPSA) is 42.2 Å². The predicted molar refractivity (Wildman–Crippen MR) is 61.3 cm³/mol. The monoisotopic (exact) mass is 229 g/mol. The number of hydrogen-bond donors (Lipinski definition) is 1. The molecule has 1 aromatic heterocycles. The van der Waals surface area contributed by atoms with Gasteiger partial charge in [0.05, 0.1) is 0 Å². The second kappa shape index (κ2) is 5.09. The first kappa shape index (κ1) is 12.7. The number of nitrogens with two attached hydrogens (primary N) is 1. The van der Waals surface area contributed by atoms with Crippen LogP contribution in [0.4, 0.5) is 20.4 Å². The molecule has 0 atom stereocenters. The highest BCUT2D eigenvalue weighted by molar-refractivity contribution is 5.47. The molecule has 1 aromatic rings. The molecule has 3 nitrogen and oxygen atoms in total. The molecular formula is C11H17F2N3. The lowest BCUT2D eigenvalue weighted by Crippen LogP contribution is -2.29. The van der Waals surface area contributed by atoms with Crippen molar-refractivity contribution < 1.29 is 8.78 Å². The molecule has 0 saturated carbocycles. The van der Waals surface area contributed by atoms with Crippen LogP contribution in [0.25, 0.3) is 0 Å². The number of nitrogen functional groups attached to an aromatic ring is 1. The molecule has 0 aromatic carbocycles. The SMILES string of the molecule is CCN(CC(C)C)c1nc(N)c(F)cc1F. The zero-order valence-corrected chi connectivity index (χ0v) is 9.80. The van der Waals surface area contributed by atoms with E-state index in [0.717, 1.165) is 6.07 Å². The van der Waals surface area contributed by atoms with Gasteiger partial charge in [-0.15, -0.1) is 0 Å². The van der Waals surface area contributed by atoms with Crippen LogP contribution < -0.4 is 10.6 Å². The minimum atomic E-state index is -0.818. The number of rotatable bonds is 4. The molecule has 0 aliphatic carbocycles. The van der Waals surface area contributed by atoms with Gasteiger partial charge in [-0.3, -0.25) is 0 Å². The molecule has 90 valence electrons. The summed E-state index contributed by atoms with van der Waals surface area (Å²) in [6, 6.07) is 0.778. The van der Waals surface area contributed by atoms with Gasteiger partial charge in [0.15, 0.2) is 23.3 Å². The van der Waals surface area contributed by atoms with Crippen molar-refractivity contribution in [3.05, 3.63) is 17.7 Å². The lowest BCUT2D eigenvalue weighted by atomic mass is 10.2. The largest absolute Gasteiger partial charge is 0.381 e. The Morgan fingerprint density at radius 2 is 2.00 bits per heavy atom. The van der Waals surface area contributed by atoms with Crippen molar-refractivity contribution in [1.82, 2.24) is 4.98 Å². The standard InChI is InChI=1S/C11H17F2N3/c1-4-16(6-7(2)3)11-9(13)5-8(12)10(14)15-11/h5,7H,4,6H2,1-3H3,(H2,14,15). The number of anilines is 2. The van der Waals surface area contributed by atoms with E-state index in [9.17, 15) is 8.78 Å². The molecule has 1 rings (SSSR count). The lowest BCUT2D eigenvalue weighted by Gasteiger charge is -2.24. The van der Waals surface area contributed by atoms with Gasteiger partial charge in [-0.2, -0.15) is 0 Å². The summed E-state index contributed by atoms with van der Waals surface area (Å²) in [6.07, 6.45) is 0. The Morgan fingerprint density at radius 1 is 1.38 bits per heavy atom. The first-order valence-electron chi connectivity index (χ1n) is 5.32. The third-order valence-corrected chi connectivity index (χ3v) is 2.20. The molecule has 0 amide bonds. The fourth-order valence-corrected chi connectivity index (χ4v) is 1.50. The summed E-state index contributed by atoms with van der Waals surface area (Å²) in [5.74, 6) is -1.27. The van der Waals surface area contributed by atoms with Crippen molar-refractivity contribution in [2.24, 2.45) is 5.92 Å². The van der Waals surface area contributed by atoms with Gasteiger partial charge in [0, 0.05) is 19.2 Å². The van der Waals surface area contributed by atoms with Gasteiger partial charge in [0.2, 0.25) is 0 Å². The Hall–Kier alpha value is -1.39. The molecule has 5 heteroatoms. The van der Waals surface area contributed by atoms with Crippen molar-refractivity contribution in [2.75, 3.05) is 23.7 Å². The van der Waals surface area contributed by atoms with Crippen LogP contribution in [0.2, 0.25) is 0 Å². The van der Waals surface area contributed by atoms with Gasteiger partial charge in [0.1, 0.15) is 0 Å². The summed E-state index contributed by atoms with van der Waals surface area (Å²) in [7, 11) is 0. The summed E-state index contributed by atoms with van der Waals surface area (Å²) < 4.78 is 26.5. The molecule has 0 radical (unpaired) electrons. The van der Waals surface area contributed by atoms with E-state index in [0.29, 0.717) is 19.0 Å². The van der Waals surface area contributed by atoms with Crippen LogP contribution in [0.15, 0.2) is 6.07 Å². The molecule has 0 fully saturated rings. The van der Waals surface area contributed by atoms with E-state index in [4.69, 9.17) is 5.73 Å². The number of hydrogen-bond acceptors (Lipinski definition) is 3. The zero-order valence-electron chi connectivity index (χ0n) is 9.80. The maximum absolute atomic E-state index is 13.5. The number of pyridine rings is 1. The Kier molecular flexibility index (Phi) is 4.04. The minimum Gasteiger partial charge on any atom is -0.381 e. The highest BCUT2D eigenvalue weighted by Gasteiger charge is 2.16. The predicted octanol–water partition coefficient (Wildman–Crippen LogP) is 2.42. The summed E-state index contributed by atoms with van der Waals surface area (Å²) in [5, 5.41) is 0. The molecule has 0 aliphatic rings. The van der Waals surface area contributed by atoms with Crippen molar-refractivity contribution in [2.45, 2.75) is 20.8 Å². The fraction of sp³-hybridized carbons (Fsp3) is 0.545. The summed E-state index contributed by atoms with van der Waals surface area (Å²) in [5.41, 5.74) is 5.33. The van der Waals surface area contributed by atoms with Crippen molar-refractivity contribution in [3.8, 4) is 0 Å². The van der Waals surface area contributed by atoms with E-state index in [1.165, 1.54) is 0 Å². The summed E-state index contributed by atoms with van der Waals surface area (Å²) in [6.45, 7) is 7.20. The molecule has 0 aliphatic heterocycles. The van der Waals surface area contributed by atoms with Gasteiger partial charge in [0.25, 0.3) is 0 Å². The fourth-order valence-electron chi connectivity index (χ4n) is 1.50. The van der Waals surface area contributed by atoms with Gasteiger partial charge in [-0.05, 0) is 12.8 Å². The van der Waals surface area contributed by atoms with Crippen LogP contribution >= 0.6 is 0 Å². The molecule has 16 heavy (non-hydrogen) atoms. The summed E-state index contributed by atoms with van der Waals surface area (Å²) >= 11 is 0. The van der Waals surface area contributed by atoms with Gasteiger partial charge in [-0.25, -0.2) is 13.8 Å². The van der Waals surface area contributed by atoms with Gasteiger partial charge < -0.3 is 10.6 Å². The second-order valence-electron chi connectivity index (χ2n) is 4.09. The maximum Gasteiger partial charge on any atom is 0.168 e. The van der Waals surface area contributed by atoms with Gasteiger partial charge in [-0.1, -0.05) is 13.8 Å². The number of halogens is 2. The third kappa shape index (κ3) is 2.81. The van der Waals surface area contributed by atoms with E-state index in [2.05, 4.69) is 4.98 Å². The van der Waals surface area contributed by atoms with Crippen molar-refractivity contribution in [3.63, 3.8) is 0 Å². The minimum absolute atomic E-state index is 0.120. The van der Waals surface area contributed by atoms with Crippen LogP contribution in [0.5, 0.6) is 0 Å². The molecule has 2 N–H and O–H groups in total. The van der Waals surface area contributed by atoms with Crippen LogP contribution in [-0.2, 0) is 0 Å². The molecule has 0 saturated heterocycles. The molecule has 0 unspecified atom stereocenters. The van der Waals surface area contributed by atoms with Crippen molar-refractivity contribution >= 4 is 11.6 Å². The van der Waals surface area contributed by atoms with E-state index < -0.39 is 11.6 Å². The number of nitrogens with zero attached hydrogens (tertiary/aromatic N) is 2. The van der Waals surface area contributed by atoms with E-state index in [1.54, 1.807) is 4.90 Å². The lowest BCUT2D eigenvalue weighted by molar-refractivity contribution is 0.557. The Morgan fingerprint density at radius 3 is 2.50 bits per heavy atom. The maximum atomic E-state index is 13.5. The second-order valence-corrected chi connectivity index (χ2v) is 4.09. The normalized spacial score (nSPS) is 10.9. The van der Waals surface area contributed by atoms with Gasteiger partial charge >= 0.3 is 0 Å². The van der Waals surface area contributed by atoms with Crippen LogP contribution in [-0.4, -0.2) is 18.1 Å². The number of aromatic nitrogens is 1. The first-order valence-corrected chi connectivity index (χ1v) is 5.32. The average molecular weight is 229 g/mol. The van der Waals surface area contributed by atoms with Crippen LogP contribution in [0, 0.1) is 17.6 Å². The van der Waals surface area contributed by atoms with Crippen LogP contribution in [0.3, 0.4) is 0 Å². The van der Waals surface area contributed by atoms with E-state index >= 15 is 0 Å². The highest BCUT2D eigenvalue weighted by Crippen LogP contribution is 2.21. The average Bonchev–Trinajstić information content (AvgIpc) is 2.20. The molecule has 0 bridgehead atoms. The highest BCUT2D eigenvalue weighted by atomic mass is 19.1. The molecular weight excluding hydrogens is 212 g/mol.